The molecule has 11 nitrogen and oxygen atoms in total. The van der Waals surface area contributed by atoms with Crippen molar-refractivity contribution >= 4 is 40.8 Å². The zero-order chi connectivity index (χ0) is 32.5. The highest BCUT2D eigenvalue weighted by Crippen LogP contribution is 2.40. The summed E-state index contributed by atoms with van der Waals surface area (Å²) in [5.74, 6) is 0.124. The van der Waals surface area contributed by atoms with Crippen molar-refractivity contribution in [1.82, 2.24) is 19.5 Å². The van der Waals surface area contributed by atoms with Crippen LogP contribution >= 0.6 is 11.8 Å². The molecular weight excluding hydrogens is 606 g/mol. The Labute approximate surface area is 271 Å². The van der Waals surface area contributed by atoms with E-state index in [1.165, 1.54) is 31.9 Å². The Hall–Kier alpha value is -4.94. The first-order valence-electron chi connectivity index (χ1n) is 14.6. The summed E-state index contributed by atoms with van der Waals surface area (Å²) in [5.41, 5.74) is 2.85. The predicted molar refractivity (Wildman–Crippen MR) is 174 cm³/mol. The number of carbonyl (C=O) groups excluding carboxylic acids is 2. The first kappa shape index (κ1) is 32.5. The van der Waals surface area contributed by atoms with E-state index in [4.69, 9.17) is 28.9 Å². The topological polar surface area (TPSA) is 127 Å². The SMILES string of the molecule is COc1ccc(C(Nc2nc(SC)c3ncn(C(OCCCOC(C)=O)OC(C)=O)c3n2)(c2ccccc2)c2ccccc2)cc1. The molecule has 0 saturated carbocycles. The Morgan fingerprint density at radius 1 is 0.870 bits per heavy atom. The van der Waals surface area contributed by atoms with Crippen LogP contribution in [0, 0.1) is 0 Å². The molecule has 0 bridgehead atoms. The summed E-state index contributed by atoms with van der Waals surface area (Å²) in [6.07, 6.45) is 2.66. The molecule has 0 aliphatic rings. The molecule has 12 heteroatoms. The molecule has 238 valence electrons. The Bertz CT molecular complexity index is 1730. The number of esters is 2. The number of aromatic nitrogens is 4. The molecule has 0 amide bonds. The lowest BCUT2D eigenvalue weighted by atomic mass is 9.77. The normalized spacial score (nSPS) is 12.0. The van der Waals surface area contributed by atoms with Gasteiger partial charge < -0.3 is 24.3 Å². The van der Waals surface area contributed by atoms with Gasteiger partial charge in [0.15, 0.2) is 5.65 Å². The van der Waals surface area contributed by atoms with Gasteiger partial charge in [0.1, 0.15) is 28.2 Å². The lowest BCUT2D eigenvalue weighted by Gasteiger charge is -2.37. The second-order valence-corrected chi connectivity index (χ2v) is 11.0. The molecule has 2 aromatic heterocycles. The smallest absolute Gasteiger partial charge is 0.306 e. The summed E-state index contributed by atoms with van der Waals surface area (Å²) < 4.78 is 23.5. The second kappa shape index (κ2) is 14.9. The Balaban J connectivity index is 1.63. The van der Waals surface area contributed by atoms with Crippen LogP contribution < -0.4 is 10.1 Å². The van der Waals surface area contributed by atoms with Gasteiger partial charge in [0.25, 0.3) is 6.41 Å². The highest BCUT2D eigenvalue weighted by Gasteiger charge is 2.38. The van der Waals surface area contributed by atoms with E-state index in [2.05, 4.69) is 34.6 Å². The number of hydrogen-bond acceptors (Lipinski definition) is 11. The van der Waals surface area contributed by atoms with Crippen LogP contribution in [0.15, 0.2) is 96.3 Å². The van der Waals surface area contributed by atoms with Gasteiger partial charge in [-0.1, -0.05) is 72.8 Å². The van der Waals surface area contributed by atoms with Crippen molar-refractivity contribution in [3.63, 3.8) is 0 Å². The third-order valence-corrected chi connectivity index (χ3v) is 7.84. The number of imidazole rings is 1. The van der Waals surface area contributed by atoms with Gasteiger partial charge in [-0.3, -0.25) is 14.2 Å². The average Bonchev–Trinajstić information content (AvgIpc) is 3.50. The number of carbonyl (C=O) groups is 2. The minimum absolute atomic E-state index is 0.152. The van der Waals surface area contributed by atoms with Gasteiger partial charge in [0.2, 0.25) is 5.95 Å². The largest absolute Gasteiger partial charge is 0.497 e. The quantitative estimate of drug-likeness (QED) is 0.0386. The van der Waals surface area contributed by atoms with Gasteiger partial charge in [0, 0.05) is 20.3 Å². The van der Waals surface area contributed by atoms with Crippen LogP contribution in [0.1, 0.15) is 43.4 Å². The Morgan fingerprint density at radius 3 is 2.07 bits per heavy atom. The van der Waals surface area contributed by atoms with Crippen molar-refractivity contribution in [2.45, 2.75) is 37.2 Å². The molecule has 1 unspecified atom stereocenters. The summed E-state index contributed by atoms with van der Waals surface area (Å²) in [5, 5.41) is 4.32. The molecule has 46 heavy (non-hydrogen) atoms. The summed E-state index contributed by atoms with van der Waals surface area (Å²) in [6, 6.07) is 28.0. The average molecular weight is 642 g/mol. The molecule has 5 rings (SSSR count). The van der Waals surface area contributed by atoms with E-state index in [9.17, 15) is 9.59 Å². The number of anilines is 1. The van der Waals surface area contributed by atoms with Crippen molar-refractivity contribution in [1.29, 1.82) is 0 Å². The fraction of sp³-hybridized carbons (Fsp3) is 0.265. The van der Waals surface area contributed by atoms with Gasteiger partial charge in [0.05, 0.1) is 20.3 Å². The van der Waals surface area contributed by atoms with Crippen LogP contribution in [0.5, 0.6) is 5.75 Å². The number of fused-ring (bicyclic) bond motifs is 1. The number of rotatable bonds is 14. The highest BCUT2D eigenvalue weighted by atomic mass is 32.2. The number of thioether (sulfide) groups is 1. The van der Waals surface area contributed by atoms with Crippen LogP contribution in [0.25, 0.3) is 11.2 Å². The van der Waals surface area contributed by atoms with Crippen molar-refractivity contribution in [3.8, 4) is 5.75 Å². The second-order valence-electron chi connectivity index (χ2n) is 10.2. The molecule has 2 heterocycles. The lowest BCUT2D eigenvalue weighted by molar-refractivity contribution is -0.199. The van der Waals surface area contributed by atoms with Crippen LogP contribution in [-0.2, 0) is 29.3 Å². The third-order valence-electron chi connectivity index (χ3n) is 7.17. The number of methoxy groups -OCH3 is 1. The molecule has 0 aliphatic carbocycles. The fourth-order valence-corrected chi connectivity index (χ4v) is 5.63. The number of ether oxygens (including phenoxy) is 4. The molecule has 5 aromatic rings. The van der Waals surface area contributed by atoms with Gasteiger partial charge in [-0.05, 0) is 35.1 Å². The summed E-state index contributed by atoms with van der Waals surface area (Å²) in [7, 11) is 1.64. The molecular formula is C34H35N5O6S. The van der Waals surface area contributed by atoms with E-state index in [1.54, 1.807) is 11.7 Å². The van der Waals surface area contributed by atoms with E-state index in [0.717, 1.165) is 22.4 Å². The van der Waals surface area contributed by atoms with E-state index < -0.39 is 17.9 Å². The van der Waals surface area contributed by atoms with Crippen molar-refractivity contribution in [2.75, 3.05) is 31.9 Å². The molecule has 1 atom stereocenters. The monoisotopic (exact) mass is 641 g/mol. The first-order chi connectivity index (χ1) is 22.3. The van der Waals surface area contributed by atoms with E-state index in [-0.39, 0.29) is 19.2 Å². The number of benzene rings is 3. The maximum atomic E-state index is 12.1. The Morgan fingerprint density at radius 2 is 1.50 bits per heavy atom. The first-order valence-corrected chi connectivity index (χ1v) is 15.8. The highest BCUT2D eigenvalue weighted by molar-refractivity contribution is 7.98. The van der Waals surface area contributed by atoms with E-state index in [0.29, 0.717) is 28.6 Å². The van der Waals surface area contributed by atoms with Crippen molar-refractivity contribution in [3.05, 3.63) is 108 Å². The van der Waals surface area contributed by atoms with Gasteiger partial charge >= 0.3 is 11.9 Å². The molecule has 0 radical (unpaired) electrons. The van der Waals surface area contributed by atoms with E-state index >= 15 is 0 Å². The molecule has 3 aromatic carbocycles. The molecule has 1 N–H and O–H groups in total. The van der Waals surface area contributed by atoms with Gasteiger partial charge in [-0.15, -0.1) is 11.8 Å². The standard InChI is InChI=1S/C34H35N5O6S/c1-23(40)43-20-11-21-44-33(45-24(2)41)39-22-35-29-30(39)36-32(37-31(29)46-4)38-34(25-12-7-5-8-13-25,26-14-9-6-10-15-26)27-16-18-28(42-3)19-17-27/h5-10,12-19,22,33H,11,20-21H2,1-4H3,(H,36,37,38). The molecule has 0 aliphatic heterocycles. The molecule has 0 fully saturated rings. The fourth-order valence-electron chi connectivity index (χ4n) is 5.12. The van der Waals surface area contributed by atoms with Crippen LogP contribution in [-0.4, -0.2) is 58.0 Å². The number of hydrogen-bond donors (Lipinski definition) is 1. The maximum Gasteiger partial charge on any atom is 0.306 e. The zero-order valence-electron chi connectivity index (χ0n) is 26.0. The lowest BCUT2D eigenvalue weighted by Crippen LogP contribution is -2.38. The van der Waals surface area contributed by atoms with E-state index in [1.807, 2.05) is 66.9 Å². The number of nitrogens with zero attached hydrogens (tertiary/aromatic N) is 4. The van der Waals surface area contributed by atoms with Gasteiger partial charge in [-0.2, -0.15) is 4.98 Å². The van der Waals surface area contributed by atoms with Crippen LogP contribution in [0.3, 0.4) is 0 Å². The van der Waals surface area contributed by atoms with Crippen molar-refractivity contribution < 1.29 is 28.5 Å². The third kappa shape index (κ3) is 7.13. The predicted octanol–water partition coefficient (Wildman–Crippen LogP) is 5.95. The summed E-state index contributed by atoms with van der Waals surface area (Å²) in [4.78, 5) is 37.6. The minimum atomic E-state index is -1.16. The maximum absolute atomic E-state index is 12.1. The van der Waals surface area contributed by atoms with Crippen LogP contribution in [0.4, 0.5) is 5.95 Å². The van der Waals surface area contributed by atoms with Gasteiger partial charge in [-0.25, -0.2) is 9.97 Å². The zero-order valence-corrected chi connectivity index (χ0v) is 26.8. The summed E-state index contributed by atoms with van der Waals surface area (Å²) in [6.45, 7) is 2.96. The number of nitrogens with one attached hydrogen (secondary N) is 1. The molecule has 0 saturated heterocycles. The summed E-state index contributed by atoms with van der Waals surface area (Å²) >= 11 is 1.42. The minimum Gasteiger partial charge on any atom is -0.497 e. The van der Waals surface area contributed by atoms with Crippen molar-refractivity contribution in [2.24, 2.45) is 0 Å². The molecule has 0 spiro atoms. The Kier molecular flexibility index (Phi) is 10.5. The van der Waals surface area contributed by atoms with Crippen LogP contribution in [0.2, 0.25) is 0 Å².